The number of hydrogen-bond donors (Lipinski definition) is 0. The molecule has 0 spiro atoms. The first kappa shape index (κ1) is 33.7. The minimum atomic E-state index is -0.468. The summed E-state index contributed by atoms with van der Waals surface area (Å²) in [5, 5.41) is 0. The fraction of sp³-hybridized carbons (Fsp3) is 0.294. The van der Waals surface area contributed by atoms with Crippen LogP contribution in [0.2, 0.25) is 0 Å². The molecule has 3 aliphatic rings. The van der Waals surface area contributed by atoms with Crippen molar-refractivity contribution in [2.24, 2.45) is 0 Å². The monoisotopic (exact) mass is 692 g/mol. The van der Waals surface area contributed by atoms with Crippen molar-refractivity contribution in [3.8, 4) is 11.1 Å². The first-order valence-corrected chi connectivity index (χ1v) is 20.0. The van der Waals surface area contributed by atoms with Crippen LogP contribution in [0.15, 0.2) is 109 Å². The molecular weight excluding hydrogens is 641 g/mol. The predicted molar refractivity (Wildman–Crippen MR) is 225 cm³/mol. The SMILES string of the molecule is CCCCc1ccc(C2(c3ccc(CCCC)cc3)c3cc4c(cc3-c3cc5c(cc32)N(C)c2ccc(C)cc2C5)Cc2cc(C)ccc2N4C)cc1. The van der Waals surface area contributed by atoms with Crippen LogP contribution in [0.5, 0.6) is 0 Å². The van der Waals surface area contributed by atoms with E-state index in [1.807, 2.05) is 0 Å². The van der Waals surface area contributed by atoms with E-state index in [0.29, 0.717) is 0 Å². The van der Waals surface area contributed by atoms with Gasteiger partial charge in [0.1, 0.15) is 0 Å². The van der Waals surface area contributed by atoms with E-state index in [9.17, 15) is 0 Å². The number of nitrogens with zero attached hydrogens (tertiary/aromatic N) is 2. The maximum atomic E-state index is 2.57. The molecule has 2 heterocycles. The summed E-state index contributed by atoms with van der Waals surface area (Å²) in [6.45, 7) is 9.00. The van der Waals surface area contributed by atoms with E-state index in [4.69, 9.17) is 0 Å². The van der Waals surface area contributed by atoms with Crippen molar-refractivity contribution < 1.29 is 0 Å². The Bertz CT molecular complexity index is 2190. The van der Waals surface area contributed by atoms with Crippen LogP contribution in [0.1, 0.15) is 106 Å². The van der Waals surface area contributed by atoms with Crippen LogP contribution in [-0.4, -0.2) is 14.1 Å². The summed E-state index contributed by atoms with van der Waals surface area (Å²) in [4.78, 5) is 4.89. The van der Waals surface area contributed by atoms with Gasteiger partial charge in [-0.1, -0.05) is 111 Å². The molecule has 1 aliphatic carbocycles. The first-order valence-electron chi connectivity index (χ1n) is 20.0. The maximum absolute atomic E-state index is 2.57. The summed E-state index contributed by atoms with van der Waals surface area (Å²) in [5.41, 5.74) is 24.2. The van der Waals surface area contributed by atoms with Gasteiger partial charge in [-0.3, -0.25) is 0 Å². The molecule has 53 heavy (non-hydrogen) atoms. The Morgan fingerprint density at radius 1 is 0.472 bits per heavy atom. The second kappa shape index (κ2) is 13.1. The summed E-state index contributed by atoms with van der Waals surface area (Å²) in [6, 6.07) is 43.6. The van der Waals surface area contributed by atoms with Crippen LogP contribution in [0.25, 0.3) is 11.1 Å². The van der Waals surface area contributed by atoms with Gasteiger partial charge in [-0.05, 0) is 143 Å². The number of unbranched alkanes of at least 4 members (excludes halogenated alkanes) is 2. The van der Waals surface area contributed by atoms with Crippen LogP contribution in [0.4, 0.5) is 22.7 Å². The lowest BCUT2D eigenvalue weighted by Gasteiger charge is -2.37. The molecule has 0 saturated heterocycles. The molecule has 0 aromatic heterocycles. The molecule has 0 saturated carbocycles. The Balaban J connectivity index is 1.33. The van der Waals surface area contributed by atoms with Crippen molar-refractivity contribution in [1.82, 2.24) is 0 Å². The molecule has 2 nitrogen and oxygen atoms in total. The van der Waals surface area contributed by atoms with E-state index in [0.717, 1.165) is 25.7 Å². The molecule has 2 heteroatoms. The van der Waals surface area contributed by atoms with Gasteiger partial charge in [-0.25, -0.2) is 0 Å². The highest BCUT2D eigenvalue weighted by Gasteiger charge is 2.48. The third-order valence-corrected chi connectivity index (χ3v) is 12.6. The molecule has 2 aliphatic heterocycles. The van der Waals surface area contributed by atoms with Gasteiger partial charge < -0.3 is 9.80 Å². The molecule has 9 rings (SSSR count). The van der Waals surface area contributed by atoms with Gasteiger partial charge in [0.15, 0.2) is 0 Å². The lowest BCUT2D eigenvalue weighted by Crippen LogP contribution is -2.30. The highest BCUT2D eigenvalue weighted by molar-refractivity contribution is 5.93. The van der Waals surface area contributed by atoms with Gasteiger partial charge in [0, 0.05) is 49.7 Å². The van der Waals surface area contributed by atoms with Crippen LogP contribution in [-0.2, 0) is 31.1 Å². The summed E-state index contributed by atoms with van der Waals surface area (Å²) in [5.74, 6) is 0. The van der Waals surface area contributed by atoms with Crippen molar-refractivity contribution in [1.29, 1.82) is 0 Å². The van der Waals surface area contributed by atoms with Gasteiger partial charge in [-0.2, -0.15) is 0 Å². The second-order valence-electron chi connectivity index (χ2n) is 16.1. The van der Waals surface area contributed by atoms with Gasteiger partial charge in [0.05, 0.1) is 5.41 Å². The van der Waals surface area contributed by atoms with Crippen molar-refractivity contribution in [2.45, 2.75) is 84.5 Å². The van der Waals surface area contributed by atoms with Crippen molar-refractivity contribution in [2.75, 3.05) is 23.9 Å². The van der Waals surface area contributed by atoms with Crippen LogP contribution in [0, 0.1) is 13.8 Å². The zero-order chi connectivity index (χ0) is 36.4. The standard InChI is InChI=1S/C51H52N2/c1-7-9-11-35-15-19-41(20-16-35)51(42-21-17-36(18-22-42)12-10-8-2)45-31-49-39(27-37-25-33(3)13-23-47(37)52(49)5)29-43(45)44-30-40-28-38-26-34(4)14-24-48(38)53(6)50(40)32-46(44)51/h13-26,29-32H,7-12,27-28H2,1-6H3. The van der Waals surface area contributed by atoms with E-state index < -0.39 is 5.41 Å². The van der Waals surface area contributed by atoms with Crippen LogP contribution >= 0.6 is 0 Å². The summed E-state index contributed by atoms with van der Waals surface area (Å²) in [7, 11) is 4.53. The highest BCUT2D eigenvalue weighted by Crippen LogP contribution is 2.60. The fourth-order valence-electron chi connectivity index (χ4n) is 9.81. The van der Waals surface area contributed by atoms with Crippen molar-refractivity contribution in [3.05, 3.63) is 176 Å². The lowest BCUT2D eigenvalue weighted by molar-refractivity contribution is 0.757. The van der Waals surface area contributed by atoms with E-state index in [2.05, 4.69) is 161 Å². The number of anilines is 4. The van der Waals surface area contributed by atoms with Gasteiger partial charge in [0.25, 0.3) is 0 Å². The minimum Gasteiger partial charge on any atom is -0.344 e. The van der Waals surface area contributed by atoms with Gasteiger partial charge in [0.2, 0.25) is 0 Å². The summed E-state index contributed by atoms with van der Waals surface area (Å²) >= 11 is 0. The molecular formula is C51H52N2. The Kier molecular flexibility index (Phi) is 8.34. The molecule has 6 aromatic carbocycles. The van der Waals surface area contributed by atoms with Crippen LogP contribution in [0.3, 0.4) is 0 Å². The topological polar surface area (TPSA) is 6.48 Å². The maximum Gasteiger partial charge on any atom is 0.0715 e. The third-order valence-electron chi connectivity index (χ3n) is 12.6. The third kappa shape index (κ3) is 5.36. The zero-order valence-corrected chi connectivity index (χ0v) is 32.4. The Labute approximate surface area is 317 Å². The average Bonchev–Trinajstić information content (AvgIpc) is 3.44. The molecule has 0 bridgehead atoms. The largest absolute Gasteiger partial charge is 0.344 e. The van der Waals surface area contributed by atoms with E-state index in [-0.39, 0.29) is 0 Å². The number of fused-ring (bicyclic) bond motifs is 7. The second-order valence-corrected chi connectivity index (χ2v) is 16.1. The lowest BCUT2D eigenvalue weighted by atomic mass is 9.67. The quantitative estimate of drug-likeness (QED) is 0.156. The minimum absolute atomic E-state index is 0.468. The Morgan fingerprint density at radius 2 is 0.868 bits per heavy atom. The molecule has 6 aromatic rings. The fourth-order valence-corrected chi connectivity index (χ4v) is 9.81. The van der Waals surface area contributed by atoms with Gasteiger partial charge >= 0.3 is 0 Å². The van der Waals surface area contributed by atoms with E-state index in [1.165, 1.54) is 126 Å². The van der Waals surface area contributed by atoms with E-state index in [1.54, 1.807) is 0 Å². The molecule has 0 amide bonds. The average molecular weight is 693 g/mol. The van der Waals surface area contributed by atoms with Crippen molar-refractivity contribution in [3.63, 3.8) is 0 Å². The van der Waals surface area contributed by atoms with Gasteiger partial charge in [-0.15, -0.1) is 0 Å². The smallest absolute Gasteiger partial charge is 0.0715 e. The normalized spacial score (nSPS) is 14.6. The zero-order valence-electron chi connectivity index (χ0n) is 32.4. The number of aryl methyl sites for hydroxylation is 4. The Hall–Kier alpha value is -5.08. The molecule has 0 fully saturated rings. The van der Waals surface area contributed by atoms with Crippen LogP contribution < -0.4 is 9.80 Å². The first-order chi connectivity index (χ1) is 25.8. The molecule has 0 atom stereocenters. The highest BCUT2D eigenvalue weighted by atomic mass is 15.1. The predicted octanol–water partition coefficient (Wildman–Crippen LogP) is 12.7. The number of rotatable bonds is 8. The Morgan fingerprint density at radius 3 is 1.26 bits per heavy atom. The molecule has 266 valence electrons. The molecule has 0 radical (unpaired) electrons. The van der Waals surface area contributed by atoms with E-state index >= 15 is 0 Å². The molecule has 0 unspecified atom stereocenters. The molecule has 0 N–H and O–H groups in total. The number of benzene rings is 6. The van der Waals surface area contributed by atoms with Crippen molar-refractivity contribution >= 4 is 22.7 Å². The summed E-state index contributed by atoms with van der Waals surface area (Å²) in [6.07, 6.45) is 8.99. The number of hydrogen-bond acceptors (Lipinski definition) is 2. The summed E-state index contributed by atoms with van der Waals surface area (Å²) < 4.78 is 0.